The number of pyridine rings is 1. The number of hydrogen-bond donors (Lipinski definition) is 2. The van der Waals surface area contributed by atoms with Crippen molar-refractivity contribution < 1.29 is 13.6 Å². The Labute approximate surface area is 136 Å². The van der Waals surface area contributed by atoms with E-state index in [0.29, 0.717) is 33.4 Å². The van der Waals surface area contributed by atoms with Crippen molar-refractivity contribution in [1.82, 2.24) is 15.2 Å². The molecule has 7 heteroatoms. The second-order valence-electron chi connectivity index (χ2n) is 5.33. The minimum absolute atomic E-state index is 0.331. The number of aromatic amines is 1. The fourth-order valence-corrected chi connectivity index (χ4v) is 2.33. The highest BCUT2D eigenvalue weighted by Crippen LogP contribution is 2.21. The highest BCUT2D eigenvalue weighted by molar-refractivity contribution is 6.02. The average molecular weight is 328 g/mol. The van der Waals surface area contributed by atoms with Crippen molar-refractivity contribution in [3.05, 3.63) is 59.1 Å². The molecule has 1 amide bonds. The lowest BCUT2D eigenvalue weighted by Crippen LogP contribution is -2.11. The molecule has 0 aliphatic heterocycles. The maximum absolute atomic E-state index is 13.5. The molecule has 1 aromatic carbocycles. The number of rotatable bonds is 3. The van der Waals surface area contributed by atoms with Crippen LogP contribution in [0.3, 0.4) is 0 Å². The van der Waals surface area contributed by atoms with Crippen molar-refractivity contribution in [3.8, 4) is 0 Å². The van der Waals surface area contributed by atoms with Crippen molar-refractivity contribution in [2.24, 2.45) is 0 Å². The van der Waals surface area contributed by atoms with Crippen molar-refractivity contribution in [1.29, 1.82) is 0 Å². The molecule has 2 heterocycles. The van der Waals surface area contributed by atoms with E-state index < -0.39 is 17.7 Å². The molecule has 0 spiro atoms. The third-order valence-electron chi connectivity index (χ3n) is 3.67. The number of nitrogens with one attached hydrogen (secondary N) is 2. The maximum atomic E-state index is 13.5. The third-order valence-corrected chi connectivity index (χ3v) is 3.67. The van der Waals surface area contributed by atoms with E-state index in [2.05, 4.69) is 20.5 Å². The zero-order valence-corrected chi connectivity index (χ0v) is 13.0. The Kier molecular flexibility index (Phi) is 4.07. The number of nitrogens with zero attached hydrogens (tertiary/aromatic N) is 2. The van der Waals surface area contributed by atoms with E-state index in [-0.39, 0.29) is 0 Å². The van der Waals surface area contributed by atoms with Gasteiger partial charge in [0.25, 0.3) is 0 Å². The summed E-state index contributed by atoms with van der Waals surface area (Å²) in [5.74, 6) is -1.39. The highest BCUT2D eigenvalue weighted by Gasteiger charge is 2.10. The van der Waals surface area contributed by atoms with Gasteiger partial charge in [0.2, 0.25) is 11.9 Å². The molecule has 0 aliphatic carbocycles. The molecular weight excluding hydrogens is 314 g/mol. The van der Waals surface area contributed by atoms with Gasteiger partial charge >= 0.3 is 0 Å². The van der Waals surface area contributed by atoms with Gasteiger partial charge < -0.3 is 5.32 Å². The van der Waals surface area contributed by atoms with Gasteiger partial charge in [0.1, 0.15) is 5.82 Å². The molecule has 0 saturated carbocycles. The molecule has 0 bridgehead atoms. The first-order valence-corrected chi connectivity index (χ1v) is 7.20. The lowest BCUT2D eigenvalue weighted by molar-refractivity contribution is -0.111. The number of aromatic nitrogens is 3. The summed E-state index contributed by atoms with van der Waals surface area (Å²) in [4.78, 5) is 15.9. The number of hydrogen-bond acceptors (Lipinski definition) is 3. The summed E-state index contributed by atoms with van der Waals surface area (Å²) in [6, 6.07) is 4.90. The SMILES string of the molecule is Cc1ncc(F)c(C)c1NC(=O)/C=C/c1ccc2c(F)[nH]nc2c1. The summed E-state index contributed by atoms with van der Waals surface area (Å²) in [7, 11) is 0. The quantitative estimate of drug-likeness (QED) is 0.723. The molecule has 0 saturated heterocycles. The smallest absolute Gasteiger partial charge is 0.248 e. The molecule has 2 N–H and O–H groups in total. The molecule has 0 fully saturated rings. The van der Waals surface area contributed by atoms with Crippen LogP contribution in [0.5, 0.6) is 0 Å². The predicted octanol–water partition coefficient (Wildman–Crippen LogP) is 3.50. The molecule has 0 unspecified atom stereocenters. The molecule has 3 aromatic rings. The molecular formula is C17H14F2N4O. The van der Waals surface area contributed by atoms with Gasteiger partial charge in [-0.05, 0) is 37.6 Å². The van der Waals surface area contributed by atoms with Gasteiger partial charge in [-0.2, -0.15) is 9.49 Å². The van der Waals surface area contributed by atoms with Crippen LogP contribution in [0.1, 0.15) is 16.8 Å². The van der Waals surface area contributed by atoms with Crippen molar-refractivity contribution in [2.45, 2.75) is 13.8 Å². The fraction of sp³-hybridized carbons (Fsp3) is 0.118. The van der Waals surface area contributed by atoms with Crippen molar-refractivity contribution in [3.63, 3.8) is 0 Å². The standard InChI is InChI=1S/C17H14F2N4O/c1-9-13(18)8-20-10(2)16(9)21-15(24)6-4-11-3-5-12-14(7-11)22-23-17(12)19/h3-8H,1-2H3,(H,21,24)(H,22,23)/b6-4+. The second kappa shape index (κ2) is 6.19. The molecule has 5 nitrogen and oxygen atoms in total. The largest absolute Gasteiger partial charge is 0.321 e. The van der Waals surface area contributed by atoms with Crippen molar-refractivity contribution >= 4 is 28.6 Å². The van der Waals surface area contributed by atoms with Crippen LogP contribution < -0.4 is 5.32 Å². The Morgan fingerprint density at radius 3 is 2.88 bits per heavy atom. The minimum Gasteiger partial charge on any atom is -0.321 e. The molecule has 0 aliphatic rings. The van der Waals surface area contributed by atoms with Crippen LogP contribution in [-0.2, 0) is 4.79 Å². The molecule has 24 heavy (non-hydrogen) atoms. The van der Waals surface area contributed by atoms with E-state index in [9.17, 15) is 13.6 Å². The van der Waals surface area contributed by atoms with Crippen LogP contribution >= 0.6 is 0 Å². The number of halogens is 2. The van der Waals surface area contributed by atoms with Crippen LogP contribution in [0.25, 0.3) is 17.0 Å². The number of H-pyrrole nitrogens is 1. The van der Waals surface area contributed by atoms with E-state index in [1.165, 1.54) is 6.08 Å². The zero-order chi connectivity index (χ0) is 17.3. The van der Waals surface area contributed by atoms with Gasteiger partial charge in [-0.1, -0.05) is 6.07 Å². The lowest BCUT2D eigenvalue weighted by Gasteiger charge is -2.09. The Morgan fingerprint density at radius 1 is 1.29 bits per heavy atom. The van der Waals surface area contributed by atoms with Gasteiger partial charge in [0, 0.05) is 11.6 Å². The first-order valence-electron chi connectivity index (χ1n) is 7.20. The number of carbonyl (C=O) groups excluding carboxylic acids is 1. The Bertz CT molecular complexity index is 963. The number of aryl methyl sites for hydroxylation is 1. The zero-order valence-electron chi connectivity index (χ0n) is 13.0. The van der Waals surface area contributed by atoms with Crippen LogP contribution in [0, 0.1) is 25.6 Å². The first kappa shape index (κ1) is 15.8. The summed E-state index contributed by atoms with van der Waals surface area (Å²) in [5.41, 5.74) is 2.38. The monoisotopic (exact) mass is 328 g/mol. The van der Waals surface area contributed by atoms with Crippen LogP contribution in [0.2, 0.25) is 0 Å². The van der Waals surface area contributed by atoms with Crippen LogP contribution in [0.15, 0.2) is 30.5 Å². The number of fused-ring (bicyclic) bond motifs is 1. The summed E-state index contributed by atoms with van der Waals surface area (Å²) in [6.45, 7) is 3.26. The van der Waals surface area contributed by atoms with E-state index in [0.717, 1.165) is 6.20 Å². The summed E-state index contributed by atoms with van der Waals surface area (Å²) in [5, 5.41) is 9.08. The molecule has 122 valence electrons. The predicted molar refractivity (Wildman–Crippen MR) is 87.4 cm³/mol. The number of benzene rings is 1. The van der Waals surface area contributed by atoms with E-state index >= 15 is 0 Å². The molecule has 3 rings (SSSR count). The van der Waals surface area contributed by atoms with Gasteiger partial charge in [-0.3, -0.25) is 14.9 Å². The number of anilines is 1. The van der Waals surface area contributed by atoms with Gasteiger partial charge in [-0.15, -0.1) is 0 Å². The summed E-state index contributed by atoms with van der Waals surface area (Å²) < 4.78 is 26.8. The highest BCUT2D eigenvalue weighted by atomic mass is 19.1. The lowest BCUT2D eigenvalue weighted by atomic mass is 10.1. The van der Waals surface area contributed by atoms with E-state index in [1.54, 1.807) is 38.1 Å². The van der Waals surface area contributed by atoms with Crippen LogP contribution in [-0.4, -0.2) is 21.1 Å². The molecule has 0 atom stereocenters. The maximum Gasteiger partial charge on any atom is 0.248 e. The van der Waals surface area contributed by atoms with Crippen molar-refractivity contribution in [2.75, 3.05) is 5.32 Å². The fourth-order valence-electron chi connectivity index (χ4n) is 2.33. The average Bonchev–Trinajstić information content (AvgIpc) is 2.94. The van der Waals surface area contributed by atoms with E-state index in [1.807, 2.05) is 0 Å². The Morgan fingerprint density at radius 2 is 2.08 bits per heavy atom. The summed E-state index contributed by atoms with van der Waals surface area (Å²) >= 11 is 0. The minimum atomic E-state index is -0.497. The van der Waals surface area contributed by atoms with Crippen LogP contribution in [0.4, 0.5) is 14.5 Å². The van der Waals surface area contributed by atoms with Gasteiger partial charge in [-0.25, -0.2) is 4.39 Å². The summed E-state index contributed by atoms with van der Waals surface area (Å²) in [6.07, 6.45) is 4.00. The Balaban J connectivity index is 1.78. The third kappa shape index (κ3) is 3.01. The topological polar surface area (TPSA) is 70.7 Å². The van der Waals surface area contributed by atoms with Gasteiger partial charge in [0.15, 0.2) is 0 Å². The first-order chi connectivity index (χ1) is 11.5. The number of carbonyl (C=O) groups is 1. The van der Waals surface area contributed by atoms with E-state index in [4.69, 9.17) is 0 Å². The second-order valence-corrected chi connectivity index (χ2v) is 5.33. The normalized spacial score (nSPS) is 11.3. The number of amides is 1. The molecule has 0 radical (unpaired) electrons. The molecule has 2 aromatic heterocycles. The van der Waals surface area contributed by atoms with Gasteiger partial charge in [0.05, 0.1) is 28.5 Å². The Hall–Kier alpha value is -3.09.